The number of nitrogens with zero attached hydrogens (tertiary/aromatic N) is 4. The fourth-order valence-electron chi connectivity index (χ4n) is 2.39. The predicted octanol–water partition coefficient (Wildman–Crippen LogP) is 2.34. The highest BCUT2D eigenvalue weighted by Gasteiger charge is 2.09. The first-order chi connectivity index (χ1) is 11.2. The number of hydrogen-bond donors (Lipinski definition) is 1. The minimum absolute atomic E-state index is 0.263. The van der Waals surface area contributed by atoms with E-state index in [2.05, 4.69) is 39.6 Å². The van der Waals surface area contributed by atoms with Gasteiger partial charge in [0, 0.05) is 18.7 Å². The fourth-order valence-corrected chi connectivity index (χ4v) is 2.39. The highest BCUT2D eigenvalue weighted by atomic mass is 16.5. The molecule has 0 bridgehead atoms. The molecule has 0 fully saturated rings. The van der Waals surface area contributed by atoms with Crippen LogP contribution in [0.15, 0.2) is 47.2 Å². The van der Waals surface area contributed by atoms with Gasteiger partial charge in [-0.25, -0.2) is 0 Å². The van der Waals surface area contributed by atoms with E-state index >= 15 is 0 Å². The lowest BCUT2D eigenvalue weighted by Crippen LogP contribution is -2.30. The molecule has 1 aromatic carbocycles. The highest BCUT2D eigenvalue weighted by Crippen LogP contribution is 2.06. The molecule has 120 valence electrons. The Hall–Kier alpha value is -2.47. The van der Waals surface area contributed by atoms with E-state index in [-0.39, 0.29) is 6.04 Å². The maximum atomic E-state index is 5.30. The molecule has 0 amide bonds. The van der Waals surface area contributed by atoms with Crippen LogP contribution < -0.4 is 5.32 Å². The highest BCUT2D eigenvalue weighted by molar-refractivity contribution is 5.18. The first-order valence-electron chi connectivity index (χ1n) is 7.77. The van der Waals surface area contributed by atoms with Crippen molar-refractivity contribution in [3.8, 4) is 0 Å². The molecule has 1 N–H and O–H groups in total. The first kappa shape index (κ1) is 15.4. The van der Waals surface area contributed by atoms with E-state index in [1.165, 1.54) is 11.1 Å². The summed E-state index contributed by atoms with van der Waals surface area (Å²) in [4.78, 5) is 4.43. The Morgan fingerprint density at radius 2 is 2.09 bits per heavy atom. The summed E-state index contributed by atoms with van der Waals surface area (Å²) in [6, 6.07) is 10.4. The zero-order valence-electron chi connectivity index (χ0n) is 13.4. The van der Waals surface area contributed by atoms with E-state index in [9.17, 15) is 0 Å². The maximum absolute atomic E-state index is 5.30. The van der Waals surface area contributed by atoms with Crippen LogP contribution in [0.4, 0.5) is 0 Å². The van der Waals surface area contributed by atoms with Gasteiger partial charge in [-0.15, -0.1) is 0 Å². The monoisotopic (exact) mass is 311 g/mol. The van der Waals surface area contributed by atoms with E-state index in [1.54, 1.807) is 0 Å². The van der Waals surface area contributed by atoms with Crippen LogP contribution in [0, 0.1) is 6.92 Å². The SMILES string of the molecule is Cc1cnn(C[C@H](C)NCc2nc(Cc3ccccc3)no2)c1. The number of aryl methyl sites for hydroxylation is 1. The third-order valence-corrected chi connectivity index (χ3v) is 3.54. The van der Waals surface area contributed by atoms with Crippen molar-refractivity contribution in [1.82, 2.24) is 25.2 Å². The van der Waals surface area contributed by atoms with Gasteiger partial charge < -0.3 is 9.84 Å². The standard InChI is InChI=1S/C17H21N5O/c1-13-9-19-22(11-13)12-14(2)18-10-17-20-16(21-23-17)8-15-6-4-3-5-7-15/h3-7,9,11,14,18H,8,10,12H2,1-2H3/t14-/m0/s1. The normalized spacial score (nSPS) is 12.4. The van der Waals surface area contributed by atoms with Gasteiger partial charge in [0.05, 0.1) is 19.3 Å². The van der Waals surface area contributed by atoms with Crippen LogP contribution >= 0.6 is 0 Å². The van der Waals surface area contributed by atoms with Crippen molar-refractivity contribution < 1.29 is 4.52 Å². The summed E-state index contributed by atoms with van der Waals surface area (Å²) >= 11 is 0. The molecule has 2 heterocycles. The van der Waals surface area contributed by atoms with Gasteiger partial charge in [0.2, 0.25) is 5.89 Å². The molecule has 0 saturated heterocycles. The third kappa shape index (κ3) is 4.50. The van der Waals surface area contributed by atoms with Crippen LogP contribution in [0.3, 0.4) is 0 Å². The van der Waals surface area contributed by atoms with Crippen molar-refractivity contribution >= 4 is 0 Å². The summed E-state index contributed by atoms with van der Waals surface area (Å²) in [5, 5.41) is 11.7. The van der Waals surface area contributed by atoms with E-state index in [0.717, 1.165) is 6.54 Å². The van der Waals surface area contributed by atoms with Crippen molar-refractivity contribution in [3.63, 3.8) is 0 Å². The van der Waals surface area contributed by atoms with Gasteiger partial charge in [0.25, 0.3) is 0 Å². The average Bonchev–Trinajstić information content (AvgIpc) is 3.15. The number of aromatic nitrogens is 4. The Kier molecular flexibility index (Phi) is 4.83. The minimum Gasteiger partial charge on any atom is -0.338 e. The second-order valence-electron chi connectivity index (χ2n) is 5.79. The van der Waals surface area contributed by atoms with Gasteiger partial charge in [-0.3, -0.25) is 4.68 Å². The van der Waals surface area contributed by atoms with E-state index in [4.69, 9.17) is 4.52 Å². The lowest BCUT2D eigenvalue weighted by molar-refractivity contribution is 0.347. The molecule has 23 heavy (non-hydrogen) atoms. The van der Waals surface area contributed by atoms with Crippen molar-refractivity contribution in [2.45, 2.75) is 39.4 Å². The number of benzene rings is 1. The fraction of sp³-hybridized carbons (Fsp3) is 0.353. The molecule has 6 heteroatoms. The van der Waals surface area contributed by atoms with Crippen LogP contribution in [0.25, 0.3) is 0 Å². The van der Waals surface area contributed by atoms with Crippen LogP contribution in [-0.2, 0) is 19.5 Å². The zero-order valence-corrected chi connectivity index (χ0v) is 13.4. The van der Waals surface area contributed by atoms with Crippen LogP contribution in [0.5, 0.6) is 0 Å². The molecule has 3 rings (SSSR count). The molecule has 0 aliphatic heterocycles. The molecule has 0 saturated carbocycles. The predicted molar refractivity (Wildman–Crippen MR) is 86.8 cm³/mol. The number of rotatable bonds is 7. The van der Waals surface area contributed by atoms with E-state index < -0.39 is 0 Å². The second kappa shape index (κ2) is 7.19. The molecule has 0 unspecified atom stereocenters. The third-order valence-electron chi connectivity index (χ3n) is 3.54. The van der Waals surface area contributed by atoms with E-state index in [0.29, 0.717) is 24.7 Å². The van der Waals surface area contributed by atoms with Gasteiger partial charge in [-0.1, -0.05) is 35.5 Å². The van der Waals surface area contributed by atoms with Gasteiger partial charge in [-0.2, -0.15) is 10.1 Å². The van der Waals surface area contributed by atoms with Gasteiger partial charge in [0.15, 0.2) is 5.82 Å². The van der Waals surface area contributed by atoms with Crippen molar-refractivity contribution in [3.05, 3.63) is 65.6 Å². The molecule has 6 nitrogen and oxygen atoms in total. The second-order valence-corrected chi connectivity index (χ2v) is 5.79. The van der Waals surface area contributed by atoms with Crippen molar-refractivity contribution in [2.75, 3.05) is 0 Å². The Morgan fingerprint density at radius 3 is 2.83 bits per heavy atom. The summed E-state index contributed by atoms with van der Waals surface area (Å²) in [7, 11) is 0. The first-order valence-corrected chi connectivity index (χ1v) is 7.77. The van der Waals surface area contributed by atoms with Crippen LogP contribution in [0.1, 0.15) is 29.8 Å². The molecule has 2 aromatic heterocycles. The molecule has 1 atom stereocenters. The molecular weight excluding hydrogens is 290 g/mol. The maximum Gasteiger partial charge on any atom is 0.240 e. The van der Waals surface area contributed by atoms with E-state index in [1.807, 2.05) is 42.2 Å². The Balaban J connectivity index is 1.49. The molecular formula is C17H21N5O. The lowest BCUT2D eigenvalue weighted by atomic mass is 10.1. The van der Waals surface area contributed by atoms with Crippen LogP contribution in [0.2, 0.25) is 0 Å². The molecule has 0 aliphatic carbocycles. The van der Waals surface area contributed by atoms with Gasteiger partial charge in [0.1, 0.15) is 0 Å². The Labute approximate surface area is 135 Å². The van der Waals surface area contributed by atoms with Crippen molar-refractivity contribution in [1.29, 1.82) is 0 Å². The summed E-state index contributed by atoms with van der Waals surface area (Å²) in [6.45, 7) is 5.51. The summed E-state index contributed by atoms with van der Waals surface area (Å²) in [5.74, 6) is 1.32. The number of nitrogens with one attached hydrogen (secondary N) is 1. The summed E-state index contributed by atoms with van der Waals surface area (Å²) in [6.07, 6.45) is 4.58. The molecule has 3 aromatic rings. The molecule has 0 spiro atoms. The largest absolute Gasteiger partial charge is 0.338 e. The van der Waals surface area contributed by atoms with Gasteiger partial charge >= 0.3 is 0 Å². The van der Waals surface area contributed by atoms with Gasteiger partial charge in [-0.05, 0) is 25.0 Å². The quantitative estimate of drug-likeness (QED) is 0.725. The summed E-state index contributed by atoms with van der Waals surface area (Å²) in [5.41, 5.74) is 2.34. The molecule has 0 radical (unpaired) electrons. The smallest absolute Gasteiger partial charge is 0.240 e. The molecule has 0 aliphatic rings. The minimum atomic E-state index is 0.263. The topological polar surface area (TPSA) is 68.8 Å². The zero-order chi connectivity index (χ0) is 16.1. The lowest BCUT2D eigenvalue weighted by Gasteiger charge is -2.11. The van der Waals surface area contributed by atoms with Crippen LogP contribution in [-0.4, -0.2) is 26.0 Å². The Morgan fingerprint density at radius 1 is 1.26 bits per heavy atom. The summed E-state index contributed by atoms with van der Waals surface area (Å²) < 4.78 is 7.23. The van der Waals surface area contributed by atoms with Crippen molar-refractivity contribution in [2.24, 2.45) is 0 Å². The number of hydrogen-bond acceptors (Lipinski definition) is 5. The average molecular weight is 311 g/mol. The Bertz CT molecular complexity index is 734.